The Morgan fingerprint density at radius 1 is 0.800 bits per heavy atom. The first-order chi connectivity index (χ1) is 14.7. The lowest BCUT2D eigenvalue weighted by atomic mass is 9.90. The molecule has 0 atom stereocenters. The molecule has 4 rings (SSSR count). The summed E-state index contributed by atoms with van der Waals surface area (Å²) in [5.74, 6) is 1.44. The molecule has 0 bridgehead atoms. The minimum Gasteiger partial charge on any atom is -0.232 e. The Labute approximate surface area is 186 Å². The molecule has 0 spiro atoms. The van der Waals surface area contributed by atoms with Crippen LogP contribution in [0.1, 0.15) is 28.4 Å². The van der Waals surface area contributed by atoms with Crippen LogP contribution in [-0.2, 0) is 0 Å². The molecule has 0 unspecified atom stereocenters. The fourth-order valence-corrected chi connectivity index (χ4v) is 4.52. The molecule has 1 aromatic heterocycles. The van der Waals surface area contributed by atoms with Gasteiger partial charge in [0, 0.05) is 5.39 Å². The van der Waals surface area contributed by atoms with Crippen molar-refractivity contribution >= 4 is 44.6 Å². The molecule has 0 amide bonds. The predicted molar refractivity (Wildman–Crippen MR) is 132 cm³/mol. The van der Waals surface area contributed by atoms with Gasteiger partial charge in [-0.3, -0.25) is 0 Å². The van der Waals surface area contributed by atoms with E-state index in [-0.39, 0.29) is 5.92 Å². The van der Waals surface area contributed by atoms with E-state index in [1.807, 2.05) is 24.6 Å². The van der Waals surface area contributed by atoms with E-state index < -0.39 is 0 Å². The lowest BCUT2D eigenvalue weighted by Gasteiger charge is -2.18. The summed E-state index contributed by atoms with van der Waals surface area (Å²) in [5.41, 5.74) is 4.43. The molecule has 5 heteroatoms. The Hall–Kier alpha value is -2.63. The Morgan fingerprint density at radius 2 is 1.40 bits per heavy atom. The normalized spacial score (nSPS) is 11.1. The van der Waals surface area contributed by atoms with Gasteiger partial charge in [-0.1, -0.05) is 72.3 Å². The maximum Gasteiger partial charge on any atom is 0.165 e. The first-order valence-corrected chi connectivity index (χ1v) is 12.2. The molecule has 0 saturated heterocycles. The van der Waals surface area contributed by atoms with Crippen molar-refractivity contribution in [3.05, 3.63) is 101 Å². The van der Waals surface area contributed by atoms with E-state index in [4.69, 9.17) is 15.0 Å². The summed E-state index contributed by atoms with van der Waals surface area (Å²) in [7, 11) is 0. The zero-order valence-corrected chi connectivity index (χ0v) is 18.9. The number of thioether (sulfide) groups is 2. The van der Waals surface area contributed by atoms with Crippen LogP contribution in [0.4, 0.5) is 5.82 Å². The molecule has 30 heavy (non-hydrogen) atoms. The lowest BCUT2D eigenvalue weighted by molar-refractivity contribution is 0.867. The molecule has 0 fully saturated rings. The average Bonchev–Trinajstić information content (AvgIpc) is 2.79. The Morgan fingerprint density at radius 3 is 1.97 bits per heavy atom. The van der Waals surface area contributed by atoms with Gasteiger partial charge >= 0.3 is 0 Å². The molecule has 150 valence electrons. The first-order valence-electron chi connectivity index (χ1n) is 9.74. The molecule has 3 aromatic carbocycles. The van der Waals surface area contributed by atoms with Crippen molar-refractivity contribution in [3.8, 4) is 0 Å². The number of aryl methyl sites for hydroxylation is 1. The molecule has 3 nitrogen and oxygen atoms in total. The van der Waals surface area contributed by atoms with E-state index in [9.17, 15) is 0 Å². The van der Waals surface area contributed by atoms with E-state index in [1.165, 1.54) is 16.7 Å². The molecular formula is C25H23N3S2. The zero-order chi connectivity index (χ0) is 20.9. The van der Waals surface area contributed by atoms with Gasteiger partial charge in [-0.15, -0.1) is 23.5 Å². The number of rotatable bonds is 4. The molecular weight excluding hydrogens is 406 g/mol. The SMILES string of the molecule is CSC(=Nc1nc(C(c2ccccc2)c2ccccc2)nc2ccc(C)cc12)SC. The molecule has 0 saturated carbocycles. The summed E-state index contributed by atoms with van der Waals surface area (Å²) in [5, 5.41) is 0.985. The van der Waals surface area contributed by atoms with Gasteiger partial charge in [-0.25, -0.2) is 15.0 Å². The van der Waals surface area contributed by atoms with Gasteiger partial charge in [-0.2, -0.15) is 0 Å². The largest absolute Gasteiger partial charge is 0.232 e. The standard InChI is InChI=1S/C25H23N3S2/c1-17-14-15-21-20(16-17)23(28-25(29-2)30-3)27-24(26-21)22(18-10-6-4-7-11-18)19-12-8-5-9-13-19/h4-16,22H,1-3H3. The number of aliphatic imine (C=N–C) groups is 1. The highest BCUT2D eigenvalue weighted by Gasteiger charge is 2.21. The van der Waals surface area contributed by atoms with Crippen LogP contribution in [0.15, 0.2) is 83.9 Å². The number of hydrogen-bond donors (Lipinski definition) is 0. The Balaban J connectivity index is 1.98. The van der Waals surface area contributed by atoms with Crippen LogP contribution < -0.4 is 0 Å². The van der Waals surface area contributed by atoms with E-state index in [0.717, 1.165) is 26.9 Å². The molecule has 0 aliphatic heterocycles. The maximum absolute atomic E-state index is 5.01. The summed E-state index contributed by atoms with van der Waals surface area (Å²) < 4.78 is 0.985. The summed E-state index contributed by atoms with van der Waals surface area (Å²) in [6.07, 6.45) is 4.09. The summed E-state index contributed by atoms with van der Waals surface area (Å²) in [6.45, 7) is 2.08. The van der Waals surface area contributed by atoms with Gasteiger partial charge in [0.05, 0.1) is 11.4 Å². The van der Waals surface area contributed by atoms with E-state index >= 15 is 0 Å². The van der Waals surface area contributed by atoms with Crippen LogP contribution in [0.25, 0.3) is 10.9 Å². The van der Waals surface area contributed by atoms with Crippen molar-refractivity contribution in [2.24, 2.45) is 4.99 Å². The van der Waals surface area contributed by atoms with E-state index in [1.54, 1.807) is 23.5 Å². The van der Waals surface area contributed by atoms with Crippen molar-refractivity contribution in [3.63, 3.8) is 0 Å². The fraction of sp³-hybridized carbons (Fsp3) is 0.160. The molecule has 0 radical (unpaired) electrons. The van der Waals surface area contributed by atoms with Crippen LogP contribution in [-0.4, -0.2) is 26.9 Å². The van der Waals surface area contributed by atoms with Crippen LogP contribution in [0, 0.1) is 6.92 Å². The highest BCUT2D eigenvalue weighted by atomic mass is 32.2. The van der Waals surface area contributed by atoms with E-state index in [0.29, 0.717) is 0 Å². The van der Waals surface area contributed by atoms with Gasteiger partial charge in [-0.05, 0) is 42.7 Å². The summed E-state index contributed by atoms with van der Waals surface area (Å²) >= 11 is 3.27. The minimum atomic E-state index is -0.0564. The molecule has 4 aromatic rings. The third kappa shape index (κ3) is 4.42. The predicted octanol–water partition coefficient (Wildman–Crippen LogP) is 6.83. The van der Waals surface area contributed by atoms with Crippen molar-refractivity contribution in [2.75, 3.05) is 12.5 Å². The highest BCUT2D eigenvalue weighted by Crippen LogP contribution is 2.34. The van der Waals surface area contributed by atoms with E-state index in [2.05, 4.69) is 73.7 Å². The number of nitrogens with zero attached hydrogens (tertiary/aromatic N) is 3. The molecule has 1 heterocycles. The van der Waals surface area contributed by atoms with Crippen molar-refractivity contribution in [1.29, 1.82) is 0 Å². The molecule has 0 N–H and O–H groups in total. The van der Waals surface area contributed by atoms with Crippen molar-refractivity contribution < 1.29 is 0 Å². The van der Waals surface area contributed by atoms with Crippen molar-refractivity contribution in [1.82, 2.24) is 9.97 Å². The average molecular weight is 430 g/mol. The monoisotopic (exact) mass is 429 g/mol. The van der Waals surface area contributed by atoms with Gasteiger partial charge < -0.3 is 0 Å². The number of fused-ring (bicyclic) bond motifs is 1. The molecule has 0 aliphatic carbocycles. The van der Waals surface area contributed by atoms with Crippen LogP contribution >= 0.6 is 23.5 Å². The van der Waals surface area contributed by atoms with Gasteiger partial charge in [0.1, 0.15) is 10.2 Å². The first kappa shape index (κ1) is 20.6. The second kappa shape index (κ2) is 9.45. The van der Waals surface area contributed by atoms with Crippen LogP contribution in [0.2, 0.25) is 0 Å². The zero-order valence-electron chi connectivity index (χ0n) is 17.2. The maximum atomic E-state index is 5.01. The topological polar surface area (TPSA) is 38.1 Å². The number of aromatic nitrogens is 2. The van der Waals surface area contributed by atoms with Crippen molar-refractivity contribution in [2.45, 2.75) is 12.8 Å². The summed E-state index contributed by atoms with van der Waals surface area (Å²) in [4.78, 5) is 14.9. The number of benzene rings is 3. The number of hydrogen-bond acceptors (Lipinski definition) is 5. The minimum absolute atomic E-state index is 0.0564. The third-order valence-corrected chi connectivity index (χ3v) is 6.80. The second-order valence-electron chi connectivity index (χ2n) is 6.97. The smallest absolute Gasteiger partial charge is 0.165 e. The molecule has 0 aliphatic rings. The highest BCUT2D eigenvalue weighted by molar-refractivity contribution is 8.38. The van der Waals surface area contributed by atoms with Crippen LogP contribution in [0.5, 0.6) is 0 Å². The van der Waals surface area contributed by atoms with Gasteiger partial charge in [0.15, 0.2) is 5.82 Å². The Kier molecular flexibility index (Phi) is 6.50. The van der Waals surface area contributed by atoms with Crippen LogP contribution in [0.3, 0.4) is 0 Å². The van der Waals surface area contributed by atoms with Gasteiger partial charge in [0.2, 0.25) is 0 Å². The van der Waals surface area contributed by atoms with Gasteiger partial charge in [0.25, 0.3) is 0 Å². The lowest BCUT2D eigenvalue weighted by Crippen LogP contribution is -2.08. The third-order valence-electron chi connectivity index (χ3n) is 4.92. The quantitative estimate of drug-likeness (QED) is 0.263. The Bertz CT molecular complexity index is 1130. The fourth-order valence-electron chi connectivity index (χ4n) is 3.50. The second-order valence-corrected chi connectivity index (χ2v) is 8.81. The summed E-state index contributed by atoms with van der Waals surface area (Å²) in [6, 6.07) is 27.2.